The third-order valence-corrected chi connectivity index (χ3v) is 1.55. The van der Waals surface area contributed by atoms with Crippen molar-refractivity contribution in [3.63, 3.8) is 0 Å². The van der Waals surface area contributed by atoms with Gasteiger partial charge in [0.1, 0.15) is 12.4 Å². The summed E-state index contributed by atoms with van der Waals surface area (Å²) < 4.78 is 5.34. The summed E-state index contributed by atoms with van der Waals surface area (Å²) >= 11 is 0. The van der Waals surface area contributed by atoms with Crippen LogP contribution in [0.4, 0.5) is 4.79 Å². The van der Waals surface area contributed by atoms with Gasteiger partial charge in [-0.25, -0.2) is 0 Å². The molecule has 5 heteroatoms. The van der Waals surface area contributed by atoms with Crippen LogP contribution in [-0.4, -0.2) is 17.9 Å². The first-order valence-corrected chi connectivity index (χ1v) is 3.98. The Morgan fingerprint density at radius 3 is 2.60 bits per heavy atom. The van der Waals surface area contributed by atoms with Gasteiger partial charge in [0, 0.05) is 5.56 Å². The molecular weight excluding hydrogens is 207 g/mol. The van der Waals surface area contributed by atoms with Gasteiger partial charge in [0.15, 0.2) is 0 Å². The van der Waals surface area contributed by atoms with Crippen LogP contribution < -0.4 is 39.4 Å². The van der Waals surface area contributed by atoms with Gasteiger partial charge in [0.05, 0.1) is 0 Å². The minimum Gasteiger partial charge on any atom is -0.565 e. The van der Waals surface area contributed by atoms with Crippen molar-refractivity contribution in [3.05, 3.63) is 35.9 Å². The number of para-hydroxylation sites is 1. The first-order chi connectivity index (χ1) is 6.70. The van der Waals surface area contributed by atoms with E-state index in [4.69, 9.17) is 19.7 Å². The van der Waals surface area contributed by atoms with E-state index in [1.165, 1.54) is 5.56 Å². The molecule has 0 radical (unpaired) electrons. The van der Waals surface area contributed by atoms with Crippen molar-refractivity contribution in [2.45, 2.75) is 0 Å². The average Bonchev–Trinajstić information content (AvgIpc) is 2.17. The average molecular weight is 216 g/mol. The van der Waals surface area contributed by atoms with Crippen LogP contribution in [0.1, 0.15) is 5.56 Å². The smallest absolute Gasteiger partial charge is 0.565 e. The number of fused-ring (bicyclic) bond motifs is 1. The van der Waals surface area contributed by atoms with Crippen LogP contribution in [0.5, 0.6) is 5.75 Å². The maximum absolute atomic E-state index is 8.44. The van der Waals surface area contributed by atoms with Gasteiger partial charge < -0.3 is 19.7 Å². The zero-order chi connectivity index (χ0) is 10.4. The summed E-state index contributed by atoms with van der Waals surface area (Å²) in [4.78, 5) is 8.44. The van der Waals surface area contributed by atoms with E-state index in [9.17, 15) is 0 Å². The summed E-state index contributed by atoms with van der Waals surface area (Å²) in [5.74, 6) is 0.991. The van der Waals surface area contributed by atoms with Gasteiger partial charge in [-0.1, -0.05) is 24.3 Å². The minimum atomic E-state index is -2.08. The largest absolute Gasteiger partial charge is 1.00 e. The van der Waals surface area contributed by atoms with Gasteiger partial charge in [0.2, 0.25) is 6.16 Å². The Morgan fingerprint density at radius 1 is 1.40 bits per heavy atom. The van der Waals surface area contributed by atoms with Crippen LogP contribution in [0.15, 0.2) is 30.3 Å². The summed E-state index contributed by atoms with van der Waals surface area (Å²) in [6.45, 7) is 0.705. The molecule has 4 nitrogen and oxygen atoms in total. The van der Waals surface area contributed by atoms with Crippen molar-refractivity contribution in [2.75, 3.05) is 6.61 Å². The number of ether oxygens (including phenoxy) is 1. The van der Waals surface area contributed by atoms with Crippen LogP contribution >= 0.6 is 0 Å². The summed E-state index contributed by atoms with van der Waals surface area (Å²) in [6, 6.07) is 8.03. The van der Waals surface area contributed by atoms with E-state index in [0.717, 1.165) is 5.75 Å². The molecule has 15 heavy (non-hydrogen) atoms. The number of carbonyl (C=O) groups is 1. The van der Waals surface area contributed by atoms with Crippen LogP contribution in [0, 0.1) is 0 Å². The molecule has 0 aromatic heterocycles. The van der Waals surface area contributed by atoms with E-state index in [0.29, 0.717) is 6.61 Å². The third-order valence-electron chi connectivity index (χ3n) is 1.55. The van der Waals surface area contributed by atoms with Crippen molar-refractivity contribution in [2.24, 2.45) is 0 Å². The molecule has 0 spiro atoms. The zero-order valence-electron chi connectivity index (χ0n) is 8.34. The minimum absolute atomic E-state index is 0. The van der Waals surface area contributed by atoms with Crippen LogP contribution in [0.3, 0.4) is 0 Å². The normalized spacial score (nSPS) is 10.9. The number of rotatable bonds is 0. The predicted octanol–water partition coefficient (Wildman–Crippen LogP) is -2.02. The zero-order valence-corrected chi connectivity index (χ0v) is 10.3. The second-order valence-electron chi connectivity index (χ2n) is 2.52. The Bertz CT molecular complexity index is 345. The molecule has 0 amide bonds. The monoisotopic (exact) mass is 216 g/mol. The standard InChI is InChI=1S/C9H8O.CH2O3.Na/c1-2-6-9-8(4-1)5-3-7-10-9;2-1(3)4;/h1-6H,7H2;(H2,2,3,4);/q;;+1/p-1. The third kappa shape index (κ3) is 5.47. The van der Waals surface area contributed by atoms with Gasteiger partial charge >= 0.3 is 29.6 Å². The number of hydrogen-bond donors (Lipinski definition) is 1. The van der Waals surface area contributed by atoms with Crippen molar-refractivity contribution in [1.29, 1.82) is 0 Å². The maximum Gasteiger partial charge on any atom is 1.00 e. The van der Waals surface area contributed by atoms with Crippen LogP contribution in [-0.2, 0) is 0 Å². The Kier molecular flexibility index (Phi) is 6.86. The molecule has 1 aliphatic heterocycles. The molecular formula is C10H9NaO4. The second-order valence-corrected chi connectivity index (χ2v) is 2.52. The van der Waals surface area contributed by atoms with Crippen LogP contribution in [0.2, 0.25) is 0 Å². The molecule has 74 valence electrons. The van der Waals surface area contributed by atoms with Crippen molar-refractivity contribution in [3.8, 4) is 5.75 Å². The topological polar surface area (TPSA) is 69.6 Å². The summed E-state index contributed by atoms with van der Waals surface area (Å²) in [7, 11) is 0. The van der Waals surface area contributed by atoms with Crippen molar-refractivity contribution < 1.29 is 49.3 Å². The Labute approximate surface area is 109 Å². The van der Waals surface area contributed by atoms with E-state index in [1.54, 1.807) is 0 Å². The van der Waals surface area contributed by atoms with Gasteiger partial charge in [0.25, 0.3) is 0 Å². The first-order valence-electron chi connectivity index (χ1n) is 3.98. The van der Waals surface area contributed by atoms with E-state index < -0.39 is 6.16 Å². The molecule has 0 fully saturated rings. The molecule has 1 aliphatic rings. The number of carboxylic acid groups (broad SMARTS) is 2. The predicted molar refractivity (Wildman–Crippen MR) is 49.0 cm³/mol. The molecule has 1 aromatic carbocycles. The Balaban J connectivity index is 0.000000346. The molecule has 0 unspecified atom stereocenters. The molecule has 1 heterocycles. The quantitative estimate of drug-likeness (QED) is 0.508. The molecule has 2 rings (SSSR count). The number of hydrogen-bond acceptors (Lipinski definition) is 3. The first kappa shape index (κ1) is 14.0. The van der Waals surface area contributed by atoms with Gasteiger partial charge in [-0.2, -0.15) is 0 Å². The van der Waals surface area contributed by atoms with Gasteiger partial charge in [-0.15, -0.1) is 0 Å². The maximum atomic E-state index is 8.44. The van der Waals surface area contributed by atoms with E-state index in [1.807, 2.05) is 30.3 Å². The van der Waals surface area contributed by atoms with E-state index >= 15 is 0 Å². The molecule has 0 bridgehead atoms. The molecule has 0 atom stereocenters. The van der Waals surface area contributed by atoms with E-state index in [2.05, 4.69) is 6.08 Å². The summed E-state index contributed by atoms with van der Waals surface area (Å²) in [6.07, 6.45) is 2.02. The fraction of sp³-hybridized carbons (Fsp3) is 0.100. The van der Waals surface area contributed by atoms with Crippen molar-refractivity contribution >= 4 is 12.2 Å². The SMILES string of the molecule is C1=Cc2ccccc2OC1.O=C([O-])O.[Na+]. The fourth-order valence-corrected chi connectivity index (χ4v) is 1.06. The molecule has 0 saturated carbocycles. The van der Waals surface area contributed by atoms with Gasteiger partial charge in [-0.3, -0.25) is 0 Å². The Morgan fingerprint density at radius 2 is 2.00 bits per heavy atom. The second kappa shape index (κ2) is 7.34. The molecule has 0 aliphatic carbocycles. The summed E-state index contributed by atoms with van der Waals surface area (Å²) in [5.41, 5.74) is 1.17. The molecule has 1 aromatic rings. The molecule has 1 N–H and O–H groups in total. The Hall–Kier alpha value is -0.970. The number of benzene rings is 1. The van der Waals surface area contributed by atoms with Crippen molar-refractivity contribution in [1.82, 2.24) is 0 Å². The van der Waals surface area contributed by atoms with E-state index in [-0.39, 0.29) is 29.6 Å². The summed E-state index contributed by atoms with van der Waals surface area (Å²) in [5, 5.41) is 15.3. The van der Waals surface area contributed by atoms with Gasteiger partial charge in [-0.05, 0) is 12.1 Å². The van der Waals surface area contributed by atoms with Crippen LogP contribution in [0.25, 0.3) is 6.08 Å². The fourth-order valence-electron chi connectivity index (χ4n) is 1.06. The molecule has 0 saturated heterocycles.